The van der Waals surface area contributed by atoms with Crippen molar-refractivity contribution in [3.63, 3.8) is 0 Å². The van der Waals surface area contributed by atoms with Crippen LogP contribution < -0.4 is 10.0 Å². The van der Waals surface area contributed by atoms with Crippen LogP contribution in [0.5, 0.6) is 0 Å². The Labute approximate surface area is 103 Å². The van der Waals surface area contributed by atoms with E-state index in [-0.39, 0.29) is 11.3 Å². The number of amides is 2. The van der Waals surface area contributed by atoms with Crippen LogP contribution in [0.4, 0.5) is 5.69 Å². The molecular weight excluding hydrogens is 234 g/mol. The fourth-order valence-electron chi connectivity index (χ4n) is 1.75. The van der Waals surface area contributed by atoms with Crippen molar-refractivity contribution in [2.45, 2.75) is 13.8 Å². The molecule has 0 unspecified atom stereocenters. The Kier molecular flexibility index (Phi) is 2.74. The van der Waals surface area contributed by atoms with E-state index in [4.69, 9.17) is 0 Å². The van der Waals surface area contributed by atoms with E-state index in [2.05, 4.69) is 0 Å². The molecule has 0 saturated heterocycles. The monoisotopic (exact) mass is 244 g/mol. The summed E-state index contributed by atoms with van der Waals surface area (Å²) in [5, 5.41) is 10.7. The quantitative estimate of drug-likeness (QED) is 0.699. The smallest absolute Gasteiger partial charge is 0.261 e. The molecule has 5 heteroatoms. The largest absolute Gasteiger partial charge is 0.545 e. The van der Waals surface area contributed by atoms with Crippen molar-refractivity contribution in [1.82, 2.24) is 0 Å². The molecule has 92 valence electrons. The van der Waals surface area contributed by atoms with Gasteiger partial charge in [-0.2, -0.15) is 0 Å². The number of aromatic carboxylic acids is 1. The van der Waals surface area contributed by atoms with E-state index in [1.807, 2.05) is 0 Å². The van der Waals surface area contributed by atoms with Crippen LogP contribution in [-0.4, -0.2) is 17.8 Å². The molecule has 1 aromatic rings. The van der Waals surface area contributed by atoms with Crippen molar-refractivity contribution in [3.05, 3.63) is 41.0 Å². The standard InChI is InChI=1S/C13H11NO4/c1-7-8(2)12(16)14(11(7)15)10-5-3-4-9(6-10)13(17)18/h3-6H,1-2H3,(H,17,18)/p-1. The van der Waals surface area contributed by atoms with Crippen LogP contribution in [0.2, 0.25) is 0 Å². The molecule has 1 aliphatic heterocycles. The second-order valence-electron chi connectivity index (χ2n) is 4.03. The lowest BCUT2D eigenvalue weighted by atomic mass is 10.2. The van der Waals surface area contributed by atoms with Gasteiger partial charge in [0.25, 0.3) is 11.8 Å². The van der Waals surface area contributed by atoms with Gasteiger partial charge in [0.05, 0.1) is 11.7 Å². The number of carbonyl (C=O) groups excluding carboxylic acids is 3. The normalized spacial score (nSPS) is 15.6. The fraction of sp³-hybridized carbons (Fsp3) is 0.154. The number of anilines is 1. The molecule has 0 saturated carbocycles. The minimum absolute atomic E-state index is 0.0738. The van der Waals surface area contributed by atoms with E-state index < -0.39 is 17.8 Å². The molecule has 0 radical (unpaired) electrons. The van der Waals surface area contributed by atoms with Crippen LogP contribution >= 0.6 is 0 Å². The minimum Gasteiger partial charge on any atom is -0.545 e. The van der Waals surface area contributed by atoms with Crippen molar-refractivity contribution in [3.8, 4) is 0 Å². The number of benzene rings is 1. The maximum atomic E-state index is 11.9. The van der Waals surface area contributed by atoms with Gasteiger partial charge in [0, 0.05) is 11.1 Å². The summed E-state index contributed by atoms with van der Waals surface area (Å²) in [6.07, 6.45) is 0. The zero-order valence-electron chi connectivity index (χ0n) is 9.89. The second kappa shape index (κ2) is 4.10. The summed E-state index contributed by atoms with van der Waals surface area (Å²) in [5.41, 5.74) is 0.913. The summed E-state index contributed by atoms with van der Waals surface area (Å²) in [5.74, 6) is -2.20. The van der Waals surface area contributed by atoms with E-state index in [1.54, 1.807) is 13.8 Å². The number of carbonyl (C=O) groups is 3. The molecule has 0 bridgehead atoms. The van der Waals surface area contributed by atoms with Crippen LogP contribution in [0.1, 0.15) is 24.2 Å². The summed E-state index contributed by atoms with van der Waals surface area (Å²) >= 11 is 0. The van der Waals surface area contributed by atoms with Crippen molar-refractivity contribution in [2.24, 2.45) is 0 Å². The number of hydrogen-bond acceptors (Lipinski definition) is 4. The molecule has 5 nitrogen and oxygen atoms in total. The van der Waals surface area contributed by atoms with Gasteiger partial charge in [-0.05, 0) is 31.5 Å². The summed E-state index contributed by atoms with van der Waals surface area (Å²) in [4.78, 5) is 35.5. The topological polar surface area (TPSA) is 77.5 Å². The average Bonchev–Trinajstić information content (AvgIpc) is 2.54. The van der Waals surface area contributed by atoms with Gasteiger partial charge in [0.2, 0.25) is 0 Å². The van der Waals surface area contributed by atoms with Crippen LogP contribution in [0.15, 0.2) is 35.4 Å². The van der Waals surface area contributed by atoms with Crippen LogP contribution in [0.3, 0.4) is 0 Å². The first-order valence-corrected chi connectivity index (χ1v) is 5.31. The fourth-order valence-corrected chi connectivity index (χ4v) is 1.75. The number of rotatable bonds is 2. The maximum Gasteiger partial charge on any atom is 0.261 e. The Morgan fingerprint density at radius 1 is 1.11 bits per heavy atom. The van der Waals surface area contributed by atoms with E-state index in [0.717, 1.165) is 4.90 Å². The SMILES string of the molecule is CC1=C(C)C(=O)N(c2cccc(C(=O)[O-])c2)C1=O. The van der Waals surface area contributed by atoms with Gasteiger partial charge in [-0.1, -0.05) is 12.1 Å². The highest BCUT2D eigenvalue weighted by Crippen LogP contribution is 2.26. The molecule has 0 aromatic heterocycles. The Hall–Kier alpha value is -2.43. The number of imide groups is 1. The highest BCUT2D eigenvalue weighted by molar-refractivity contribution is 6.32. The molecule has 0 atom stereocenters. The van der Waals surface area contributed by atoms with Crippen LogP contribution in [-0.2, 0) is 9.59 Å². The number of carboxylic acid groups (broad SMARTS) is 1. The molecule has 18 heavy (non-hydrogen) atoms. The van der Waals surface area contributed by atoms with E-state index in [0.29, 0.717) is 11.1 Å². The first-order valence-electron chi connectivity index (χ1n) is 5.31. The van der Waals surface area contributed by atoms with Crippen molar-refractivity contribution >= 4 is 23.5 Å². The molecule has 0 N–H and O–H groups in total. The molecule has 1 aromatic carbocycles. The van der Waals surface area contributed by atoms with E-state index >= 15 is 0 Å². The summed E-state index contributed by atoms with van der Waals surface area (Å²) in [7, 11) is 0. The lowest BCUT2D eigenvalue weighted by Gasteiger charge is -2.16. The van der Waals surface area contributed by atoms with Crippen LogP contribution in [0, 0.1) is 0 Å². The van der Waals surface area contributed by atoms with Crippen LogP contribution in [0.25, 0.3) is 0 Å². The van der Waals surface area contributed by atoms with Gasteiger partial charge in [-0.3, -0.25) is 9.59 Å². The first kappa shape index (κ1) is 12.0. The molecule has 0 aliphatic carbocycles. The lowest BCUT2D eigenvalue weighted by molar-refractivity contribution is -0.255. The first-order chi connectivity index (χ1) is 8.43. The molecule has 0 fully saturated rings. The molecule has 1 aliphatic rings. The molecule has 2 amide bonds. The molecule has 2 rings (SSSR count). The third kappa shape index (κ3) is 1.69. The third-order valence-electron chi connectivity index (χ3n) is 2.95. The van der Waals surface area contributed by atoms with Gasteiger partial charge >= 0.3 is 0 Å². The highest BCUT2D eigenvalue weighted by Gasteiger charge is 2.34. The Morgan fingerprint density at radius 3 is 2.17 bits per heavy atom. The van der Waals surface area contributed by atoms with Gasteiger partial charge in [-0.25, -0.2) is 4.90 Å². The van der Waals surface area contributed by atoms with Crippen molar-refractivity contribution in [2.75, 3.05) is 4.90 Å². The molecule has 0 spiro atoms. The predicted octanol–water partition coefficient (Wildman–Crippen LogP) is 0.260. The van der Waals surface area contributed by atoms with E-state index in [1.165, 1.54) is 24.3 Å². The predicted molar refractivity (Wildman–Crippen MR) is 61.6 cm³/mol. The summed E-state index contributed by atoms with van der Waals surface area (Å²) < 4.78 is 0. The second-order valence-corrected chi connectivity index (χ2v) is 4.03. The van der Waals surface area contributed by atoms with Gasteiger partial charge in [0.15, 0.2) is 0 Å². The Bertz CT molecular complexity index is 577. The number of hydrogen-bond donors (Lipinski definition) is 0. The number of carboxylic acids is 1. The van der Waals surface area contributed by atoms with Gasteiger partial charge in [0.1, 0.15) is 0 Å². The van der Waals surface area contributed by atoms with E-state index in [9.17, 15) is 19.5 Å². The molecule has 1 heterocycles. The zero-order valence-corrected chi connectivity index (χ0v) is 9.89. The van der Waals surface area contributed by atoms with Gasteiger partial charge < -0.3 is 9.90 Å². The third-order valence-corrected chi connectivity index (χ3v) is 2.95. The van der Waals surface area contributed by atoms with Crippen molar-refractivity contribution in [1.29, 1.82) is 0 Å². The average molecular weight is 244 g/mol. The van der Waals surface area contributed by atoms with Crippen molar-refractivity contribution < 1.29 is 19.5 Å². The minimum atomic E-state index is -1.35. The lowest BCUT2D eigenvalue weighted by Crippen LogP contribution is -2.31. The maximum absolute atomic E-state index is 11.9. The summed E-state index contributed by atoms with van der Waals surface area (Å²) in [6, 6.07) is 5.56. The zero-order chi connectivity index (χ0) is 13.4. The summed E-state index contributed by atoms with van der Waals surface area (Å²) in [6.45, 7) is 3.14. The Morgan fingerprint density at radius 2 is 1.67 bits per heavy atom. The number of nitrogens with zero attached hydrogens (tertiary/aromatic N) is 1. The highest BCUT2D eigenvalue weighted by atomic mass is 16.4. The molecular formula is C13H10NO4-. The van der Waals surface area contributed by atoms with Gasteiger partial charge in [-0.15, -0.1) is 0 Å². The Balaban J connectivity index is 2.46.